The number of phenolic OH excluding ortho intramolecular Hbond substituents is 2. The van der Waals surface area contributed by atoms with E-state index in [0.29, 0.717) is 11.1 Å². The number of phenols is 2. The summed E-state index contributed by atoms with van der Waals surface area (Å²) in [5, 5.41) is 22.2. The molecule has 0 atom stereocenters. The first-order valence-corrected chi connectivity index (χ1v) is 5.57. The second kappa shape index (κ2) is 5.68. The van der Waals surface area contributed by atoms with E-state index in [1.807, 2.05) is 6.07 Å². The van der Waals surface area contributed by atoms with Gasteiger partial charge < -0.3 is 10.2 Å². The number of nitrogens with one attached hydrogen (secondary N) is 1. The molecule has 2 aromatic rings. The van der Waals surface area contributed by atoms with Crippen LogP contribution in [0.15, 0.2) is 53.6 Å². The number of benzene rings is 2. The highest BCUT2D eigenvalue weighted by molar-refractivity contribution is 5.94. The van der Waals surface area contributed by atoms with Gasteiger partial charge in [-0.25, -0.2) is 5.43 Å². The molecule has 5 nitrogen and oxygen atoms in total. The number of hydrogen-bond donors (Lipinski definition) is 3. The molecule has 3 N–H and O–H groups in total. The molecule has 0 aliphatic carbocycles. The van der Waals surface area contributed by atoms with Crippen LogP contribution in [0.1, 0.15) is 15.9 Å². The lowest BCUT2D eigenvalue weighted by atomic mass is 10.2. The van der Waals surface area contributed by atoms with Gasteiger partial charge >= 0.3 is 0 Å². The first kappa shape index (κ1) is 12.6. The summed E-state index contributed by atoms with van der Waals surface area (Å²) in [4.78, 5) is 11.6. The highest BCUT2D eigenvalue weighted by Crippen LogP contribution is 2.23. The third-order valence-corrected chi connectivity index (χ3v) is 2.42. The van der Waals surface area contributed by atoms with E-state index in [-0.39, 0.29) is 17.4 Å². The van der Waals surface area contributed by atoms with Crippen molar-refractivity contribution < 1.29 is 15.0 Å². The lowest BCUT2D eigenvalue weighted by Gasteiger charge is -2.00. The number of aromatic hydroxyl groups is 2. The summed E-state index contributed by atoms with van der Waals surface area (Å²) in [5.41, 5.74) is 3.43. The Morgan fingerprint density at radius 1 is 1.05 bits per heavy atom. The highest BCUT2D eigenvalue weighted by atomic mass is 16.3. The molecule has 0 radical (unpaired) electrons. The van der Waals surface area contributed by atoms with Gasteiger partial charge in [0.15, 0.2) is 11.5 Å². The van der Waals surface area contributed by atoms with Crippen molar-refractivity contribution in [2.45, 2.75) is 0 Å². The second-order valence-corrected chi connectivity index (χ2v) is 3.81. The Balaban J connectivity index is 2.00. The molecular formula is C14H12N2O3. The van der Waals surface area contributed by atoms with Gasteiger partial charge in [-0.05, 0) is 35.9 Å². The van der Waals surface area contributed by atoms with Crippen LogP contribution in [-0.4, -0.2) is 22.3 Å². The third-order valence-electron chi connectivity index (χ3n) is 2.42. The minimum Gasteiger partial charge on any atom is -0.504 e. The first-order valence-electron chi connectivity index (χ1n) is 5.57. The minimum absolute atomic E-state index is 0.203. The molecule has 19 heavy (non-hydrogen) atoms. The average Bonchev–Trinajstić information content (AvgIpc) is 2.43. The van der Waals surface area contributed by atoms with Gasteiger partial charge in [0, 0.05) is 5.56 Å². The first-order chi connectivity index (χ1) is 9.16. The van der Waals surface area contributed by atoms with Crippen molar-refractivity contribution in [2.24, 2.45) is 5.10 Å². The summed E-state index contributed by atoms with van der Waals surface area (Å²) in [6.45, 7) is 0. The predicted octanol–water partition coefficient (Wildman–Crippen LogP) is 1.86. The largest absolute Gasteiger partial charge is 0.504 e. The SMILES string of the molecule is O=C(N/N=C\c1ccc(O)c(O)c1)c1ccccc1. The van der Waals surface area contributed by atoms with E-state index < -0.39 is 0 Å². The predicted molar refractivity (Wildman–Crippen MR) is 71.3 cm³/mol. The monoisotopic (exact) mass is 256 g/mol. The maximum atomic E-state index is 11.6. The number of nitrogens with zero attached hydrogens (tertiary/aromatic N) is 1. The van der Waals surface area contributed by atoms with Crippen LogP contribution in [0.2, 0.25) is 0 Å². The molecule has 1 amide bonds. The summed E-state index contributed by atoms with van der Waals surface area (Å²) >= 11 is 0. The Labute approximate surface area is 109 Å². The molecule has 2 rings (SSSR count). The van der Waals surface area contributed by atoms with E-state index in [4.69, 9.17) is 5.11 Å². The van der Waals surface area contributed by atoms with Crippen molar-refractivity contribution in [1.29, 1.82) is 0 Å². The molecule has 0 unspecified atom stereocenters. The van der Waals surface area contributed by atoms with E-state index >= 15 is 0 Å². The summed E-state index contributed by atoms with van der Waals surface area (Å²) in [6.07, 6.45) is 1.38. The fraction of sp³-hybridized carbons (Fsp3) is 0. The molecule has 0 aliphatic heterocycles. The van der Waals surface area contributed by atoms with Crippen LogP contribution in [-0.2, 0) is 0 Å². The van der Waals surface area contributed by atoms with E-state index in [9.17, 15) is 9.90 Å². The highest BCUT2D eigenvalue weighted by Gasteiger charge is 2.02. The van der Waals surface area contributed by atoms with Crippen molar-refractivity contribution in [2.75, 3.05) is 0 Å². The molecule has 0 spiro atoms. The zero-order valence-electron chi connectivity index (χ0n) is 9.95. The Kier molecular flexibility index (Phi) is 3.78. The van der Waals surface area contributed by atoms with Gasteiger partial charge in [0.2, 0.25) is 0 Å². The Morgan fingerprint density at radius 2 is 1.79 bits per heavy atom. The van der Waals surface area contributed by atoms with Crippen LogP contribution >= 0.6 is 0 Å². The maximum Gasteiger partial charge on any atom is 0.271 e. The van der Waals surface area contributed by atoms with E-state index in [1.165, 1.54) is 18.3 Å². The van der Waals surface area contributed by atoms with Gasteiger partial charge in [-0.1, -0.05) is 18.2 Å². The molecule has 0 saturated carbocycles. The molecule has 0 saturated heterocycles. The maximum absolute atomic E-state index is 11.6. The zero-order valence-corrected chi connectivity index (χ0v) is 9.95. The summed E-state index contributed by atoms with van der Waals surface area (Å²) in [6, 6.07) is 12.9. The molecular weight excluding hydrogens is 244 g/mol. The molecule has 0 aromatic heterocycles. The minimum atomic E-state index is -0.320. The van der Waals surface area contributed by atoms with Crippen LogP contribution in [0, 0.1) is 0 Å². The van der Waals surface area contributed by atoms with Gasteiger partial charge in [-0.2, -0.15) is 5.10 Å². The van der Waals surface area contributed by atoms with Crippen LogP contribution < -0.4 is 5.43 Å². The van der Waals surface area contributed by atoms with E-state index in [2.05, 4.69) is 10.5 Å². The van der Waals surface area contributed by atoms with Crippen molar-refractivity contribution in [1.82, 2.24) is 5.43 Å². The van der Waals surface area contributed by atoms with Crippen molar-refractivity contribution >= 4 is 12.1 Å². The summed E-state index contributed by atoms with van der Waals surface area (Å²) < 4.78 is 0. The number of carbonyl (C=O) groups excluding carboxylic acids is 1. The molecule has 96 valence electrons. The van der Waals surface area contributed by atoms with Gasteiger partial charge in [-0.15, -0.1) is 0 Å². The van der Waals surface area contributed by atoms with Crippen LogP contribution in [0.4, 0.5) is 0 Å². The molecule has 5 heteroatoms. The van der Waals surface area contributed by atoms with Crippen molar-refractivity contribution in [3.8, 4) is 11.5 Å². The number of amides is 1. The fourth-order valence-electron chi connectivity index (χ4n) is 1.44. The average molecular weight is 256 g/mol. The number of hydrazone groups is 1. The molecule has 0 aliphatic rings. The van der Waals surface area contributed by atoms with Gasteiger partial charge in [-0.3, -0.25) is 4.79 Å². The number of rotatable bonds is 3. The molecule has 0 bridgehead atoms. The van der Waals surface area contributed by atoms with E-state index in [0.717, 1.165) is 0 Å². The van der Waals surface area contributed by atoms with Gasteiger partial charge in [0.1, 0.15) is 0 Å². The number of carbonyl (C=O) groups is 1. The normalized spacial score (nSPS) is 10.5. The van der Waals surface area contributed by atoms with Gasteiger partial charge in [0.25, 0.3) is 5.91 Å². The Bertz CT molecular complexity index is 609. The Hall–Kier alpha value is -2.82. The number of hydrogen-bond acceptors (Lipinski definition) is 4. The smallest absolute Gasteiger partial charge is 0.271 e. The van der Waals surface area contributed by atoms with Crippen LogP contribution in [0.25, 0.3) is 0 Å². The molecule has 0 fully saturated rings. The topological polar surface area (TPSA) is 81.9 Å². The molecule has 0 heterocycles. The van der Waals surface area contributed by atoms with Gasteiger partial charge in [0.05, 0.1) is 6.21 Å². The summed E-state index contributed by atoms with van der Waals surface area (Å²) in [5.74, 6) is -0.761. The second-order valence-electron chi connectivity index (χ2n) is 3.81. The third kappa shape index (κ3) is 3.32. The van der Waals surface area contributed by atoms with Crippen LogP contribution in [0.5, 0.6) is 11.5 Å². The lowest BCUT2D eigenvalue weighted by molar-refractivity contribution is 0.0955. The fourth-order valence-corrected chi connectivity index (χ4v) is 1.44. The van der Waals surface area contributed by atoms with Crippen molar-refractivity contribution in [3.63, 3.8) is 0 Å². The van der Waals surface area contributed by atoms with Crippen molar-refractivity contribution in [3.05, 3.63) is 59.7 Å². The quantitative estimate of drug-likeness (QED) is 0.445. The Morgan fingerprint density at radius 3 is 2.47 bits per heavy atom. The zero-order chi connectivity index (χ0) is 13.7. The standard InChI is InChI=1S/C14H12N2O3/c17-12-7-6-10(8-13(12)18)9-15-16-14(19)11-4-2-1-3-5-11/h1-9,17-18H,(H,16,19)/b15-9-. The van der Waals surface area contributed by atoms with Crippen LogP contribution in [0.3, 0.4) is 0 Å². The summed E-state index contributed by atoms with van der Waals surface area (Å²) in [7, 11) is 0. The van der Waals surface area contributed by atoms with E-state index in [1.54, 1.807) is 30.3 Å². The molecule has 2 aromatic carbocycles. The lowest BCUT2D eigenvalue weighted by Crippen LogP contribution is -2.17.